The summed E-state index contributed by atoms with van der Waals surface area (Å²) in [5.41, 5.74) is 1.01. The van der Waals surface area contributed by atoms with Gasteiger partial charge in [0.15, 0.2) is 0 Å². The van der Waals surface area contributed by atoms with Crippen molar-refractivity contribution in [1.82, 2.24) is 10.2 Å². The summed E-state index contributed by atoms with van der Waals surface area (Å²) in [7, 11) is 0. The Kier molecular flexibility index (Phi) is 6.05. The third-order valence-electron chi connectivity index (χ3n) is 4.48. The number of nitrogens with zero attached hydrogens (tertiary/aromatic N) is 1. The summed E-state index contributed by atoms with van der Waals surface area (Å²) in [5, 5.41) is 12.0. The second-order valence-electron chi connectivity index (χ2n) is 8.06. The lowest BCUT2D eigenvalue weighted by Gasteiger charge is -2.24. The SMILES string of the molecule is CC(CN(C(=O)c1ccc(CNC(=O)C(C)(C)C)cc1)C1CC1)C(=O)O. The third-order valence-corrected chi connectivity index (χ3v) is 4.48. The fraction of sp³-hybridized carbons (Fsp3) is 0.550. The summed E-state index contributed by atoms with van der Waals surface area (Å²) in [6.07, 6.45) is 1.85. The smallest absolute Gasteiger partial charge is 0.308 e. The lowest BCUT2D eigenvalue weighted by Crippen LogP contribution is -2.38. The molecule has 0 saturated heterocycles. The van der Waals surface area contributed by atoms with Crippen LogP contribution in [0.4, 0.5) is 0 Å². The number of aliphatic carboxylic acids is 1. The highest BCUT2D eigenvalue weighted by Gasteiger charge is 2.34. The van der Waals surface area contributed by atoms with E-state index < -0.39 is 17.3 Å². The maximum atomic E-state index is 12.8. The van der Waals surface area contributed by atoms with Crippen LogP contribution in [0.1, 0.15) is 56.5 Å². The van der Waals surface area contributed by atoms with E-state index >= 15 is 0 Å². The zero-order chi connectivity index (χ0) is 19.5. The summed E-state index contributed by atoms with van der Waals surface area (Å²) in [5.74, 6) is -1.65. The Hall–Kier alpha value is -2.37. The summed E-state index contributed by atoms with van der Waals surface area (Å²) < 4.78 is 0. The fourth-order valence-corrected chi connectivity index (χ4v) is 2.54. The first kappa shape index (κ1) is 19.9. The maximum Gasteiger partial charge on any atom is 0.308 e. The van der Waals surface area contributed by atoms with Crippen LogP contribution in [0, 0.1) is 11.3 Å². The highest BCUT2D eigenvalue weighted by molar-refractivity contribution is 5.95. The molecule has 2 rings (SSSR count). The van der Waals surface area contributed by atoms with Gasteiger partial charge in [-0.3, -0.25) is 14.4 Å². The van der Waals surface area contributed by atoms with Gasteiger partial charge < -0.3 is 15.3 Å². The molecule has 6 heteroatoms. The molecule has 6 nitrogen and oxygen atoms in total. The topological polar surface area (TPSA) is 86.7 Å². The molecule has 1 aromatic rings. The zero-order valence-electron chi connectivity index (χ0n) is 15.9. The van der Waals surface area contributed by atoms with E-state index in [4.69, 9.17) is 5.11 Å². The Morgan fingerprint density at radius 1 is 1.19 bits per heavy atom. The van der Waals surface area contributed by atoms with Crippen molar-refractivity contribution >= 4 is 17.8 Å². The Morgan fingerprint density at radius 2 is 1.77 bits per heavy atom. The average Bonchev–Trinajstić information content (AvgIpc) is 3.41. The molecular formula is C20H28N2O4. The second kappa shape index (κ2) is 7.89. The number of hydrogen-bond acceptors (Lipinski definition) is 3. The molecule has 2 N–H and O–H groups in total. The molecule has 0 aromatic heterocycles. The molecule has 0 spiro atoms. The largest absolute Gasteiger partial charge is 0.481 e. The van der Waals surface area contributed by atoms with Crippen LogP contribution in [0.5, 0.6) is 0 Å². The molecule has 1 unspecified atom stereocenters. The molecule has 26 heavy (non-hydrogen) atoms. The summed E-state index contributed by atoms with van der Waals surface area (Å²) in [4.78, 5) is 37.5. The first-order valence-electron chi connectivity index (χ1n) is 9.00. The quantitative estimate of drug-likeness (QED) is 0.783. The van der Waals surface area contributed by atoms with Gasteiger partial charge in [0.2, 0.25) is 5.91 Å². The first-order valence-corrected chi connectivity index (χ1v) is 9.00. The molecule has 1 aliphatic rings. The molecule has 2 amide bonds. The van der Waals surface area contributed by atoms with Crippen molar-refractivity contribution < 1.29 is 19.5 Å². The molecule has 1 aliphatic carbocycles. The number of hydrogen-bond donors (Lipinski definition) is 2. The van der Waals surface area contributed by atoms with Crippen LogP contribution >= 0.6 is 0 Å². The van der Waals surface area contributed by atoms with Gasteiger partial charge in [0.05, 0.1) is 5.92 Å². The van der Waals surface area contributed by atoms with Crippen molar-refractivity contribution in [3.63, 3.8) is 0 Å². The number of carbonyl (C=O) groups is 3. The monoisotopic (exact) mass is 360 g/mol. The van der Waals surface area contributed by atoms with E-state index in [1.807, 2.05) is 32.9 Å². The minimum atomic E-state index is -0.895. The summed E-state index contributed by atoms with van der Waals surface area (Å²) in [6.45, 7) is 7.82. The molecule has 142 valence electrons. The van der Waals surface area contributed by atoms with Gasteiger partial charge in [0.1, 0.15) is 0 Å². The van der Waals surface area contributed by atoms with Gasteiger partial charge in [-0.1, -0.05) is 39.8 Å². The molecule has 1 atom stereocenters. The molecule has 0 radical (unpaired) electrons. The van der Waals surface area contributed by atoms with E-state index in [1.165, 1.54) is 0 Å². The van der Waals surface area contributed by atoms with Crippen molar-refractivity contribution in [1.29, 1.82) is 0 Å². The Bertz CT molecular complexity index is 672. The molecule has 0 bridgehead atoms. The van der Waals surface area contributed by atoms with Crippen LogP contribution < -0.4 is 5.32 Å². The van der Waals surface area contributed by atoms with Crippen molar-refractivity contribution in [2.75, 3.05) is 6.54 Å². The van der Waals surface area contributed by atoms with Gasteiger partial charge >= 0.3 is 5.97 Å². The second-order valence-corrected chi connectivity index (χ2v) is 8.06. The lowest BCUT2D eigenvalue weighted by molar-refractivity contribution is -0.141. The number of amides is 2. The van der Waals surface area contributed by atoms with Gasteiger partial charge in [-0.15, -0.1) is 0 Å². The number of benzene rings is 1. The van der Waals surface area contributed by atoms with E-state index in [9.17, 15) is 14.4 Å². The van der Waals surface area contributed by atoms with E-state index in [1.54, 1.807) is 24.0 Å². The van der Waals surface area contributed by atoms with Crippen LogP contribution in [0.15, 0.2) is 24.3 Å². The molecule has 0 heterocycles. The van der Waals surface area contributed by atoms with Crippen molar-refractivity contribution in [3.8, 4) is 0 Å². The van der Waals surface area contributed by atoms with E-state index in [-0.39, 0.29) is 24.4 Å². The number of carboxylic acid groups (broad SMARTS) is 1. The van der Waals surface area contributed by atoms with Gasteiger partial charge in [0.25, 0.3) is 5.91 Å². The van der Waals surface area contributed by atoms with E-state index in [0.29, 0.717) is 12.1 Å². The summed E-state index contributed by atoms with van der Waals surface area (Å²) >= 11 is 0. The number of carbonyl (C=O) groups excluding carboxylic acids is 2. The molecular weight excluding hydrogens is 332 g/mol. The highest BCUT2D eigenvalue weighted by Crippen LogP contribution is 2.29. The average molecular weight is 360 g/mol. The molecule has 1 fully saturated rings. The molecule has 1 aromatic carbocycles. The normalized spacial score (nSPS) is 15.2. The van der Waals surface area contributed by atoms with E-state index in [0.717, 1.165) is 18.4 Å². The van der Waals surface area contributed by atoms with E-state index in [2.05, 4.69) is 5.32 Å². The summed E-state index contributed by atoms with van der Waals surface area (Å²) in [6, 6.07) is 7.27. The van der Waals surface area contributed by atoms with Crippen LogP contribution in [-0.2, 0) is 16.1 Å². The lowest BCUT2D eigenvalue weighted by atomic mass is 9.95. The van der Waals surface area contributed by atoms with Crippen molar-refractivity contribution in [2.45, 2.75) is 53.1 Å². The predicted octanol–water partition coefficient (Wildman–Crippen LogP) is 2.67. The zero-order valence-corrected chi connectivity index (χ0v) is 15.9. The number of rotatable bonds is 7. The van der Waals surface area contributed by atoms with Crippen LogP contribution in [0.2, 0.25) is 0 Å². The van der Waals surface area contributed by atoms with Gasteiger partial charge in [-0.25, -0.2) is 0 Å². The van der Waals surface area contributed by atoms with Gasteiger partial charge in [-0.2, -0.15) is 0 Å². The third kappa shape index (κ3) is 5.31. The highest BCUT2D eigenvalue weighted by atomic mass is 16.4. The van der Waals surface area contributed by atoms with Crippen molar-refractivity contribution in [3.05, 3.63) is 35.4 Å². The number of nitrogens with one attached hydrogen (secondary N) is 1. The Balaban J connectivity index is 2.00. The van der Waals surface area contributed by atoms with Crippen LogP contribution in [0.25, 0.3) is 0 Å². The van der Waals surface area contributed by atoms with Crippen LogP contribution in [-0.4, -0.2) is 40.4 Å². The number of carboxylic acids is 1. The first-order chi connectivity index (χ1) is 12.1. The Labute approximate surface area is 154 Å². The predicted molar refractivity (Wildman–Crippen MR) is 98.6 cm³/mol. The molecule has 0 aliphatic heterocycles. The van der Waals surface area contributed by atoms with Crippen LogP contribution in [0.3, 0.4) is 0 Å². The van der Waals surface area contributed by atoms with Gasteiger partial charge in [0, 0.05) is 30.1 Å². The molecule has 1 saturated carbocycles. The fourth-order valence-electron chi connectivity index (χ4n) is 2.54. The standard InChI is InChI=1S/C20H28N2O4/c1-13(18(24)25)12-22(16-9-10-16)17(23)15-7-5-14(6-8-15)11-21-19(26)20(2,3)4/h5-8,13,16H,9-12H2,1-4H3,(H,21,26)(H,24,25). The van der Waals surface area contributed by atoms with Gasteiger partial charge in [-0.05, 0) is 30.5 Å². The minimum Gasteiger partial charge on any atom is -0.481 e. The minimum absolute atomic E-state index is 0.0276. The van der Waals surface area contributed by atoms with Crippen molar-refractivity contribution in [2.24, 2.45) is 11.3 Å². The Morgan fingerprint density at radius 3 is 2.23 bits per heavy atom. The maximum absolute atomic E-state index is 12.8.